The van der Waals surface area contributed by atoms with Crippen molar-refractivity contribution in [2.45, 2.75) is 7.43 Å². The van der Waals surface area contributed by atoms with Crippen molar-refractivity contribution in [1.29, 1.82) is 0 Å². The summed E-state index contributed by atoms with van der Waals surface area (Å²) in [6, 6.07) is 7.20. The van der Waals surface area contributed by atoms with Crippen LogP contribution in [0.15, 0.2) is 24.3 Å². The normalized spacial score (nSPS) is 7.50. The Morgan fingerprint density at radius 2 is 1.70 bits per heavy atom. The molecule has 1 heteroatoms. The van der Waals surface area contributed by atoms with Crippen molar-refractivity contribution in [1.82, 2.24) is 0 Å². The second kappa shape index (κ2) is 3.58. The number of rotatable bonds is 0. The second-order valence-corrected chi connectivity index (χ2v) is 1.77. The molecule has 52 valence electrons. The van der Waals surface area contributed by atoms with Crippen molar-refractivity contribution in [2.75, 3.05) is 5.73 Å². The molecule has 1 rings (SSSR count). The van der Waals surface area contributed by atoms with E-state index < -0.39 is 0 Å². The molecular formula is C9H11N. The minimum atomic E-state index is 0. The van der Waals surface area contributed by atoms with Gasteiger partial charge in [-0.2, -0.15) is 0 Å². The summed E-state index contributed by atoms with van der Waals surface area (Å²) in [5, 5.41) is 0. The van der Waals surface area contributed by atoms with Crippen LogP contribution in [0.25, 0.3) is 0 Å². The highest BCUT2D eigenvalue weighted by molar-refractivity contribution is 5.43. The highest BCUT2D eigenvalue weighted by Gasteiger charge is 1.83. The van der Waals surface area contributed by atoms with Crippen molar-refractivity contribution in [3.05, 3.63) is 29.8 Å². The molecule has 1 nitrogen and oxygen atoms in total. The van der Waals surface area contributed by atoms with Crippen LogP contribution < -0.4 is 5.73 Å². The fourth-order valence-corrected chi connectivity index (χ4v) is 0.579. The lowest BCUT2D eigenvalue weighted by molar-refractivity contribution is 1.64. The summed E-state index contributed by atoms with van der Waals surface area (Å²) < 4.78 is 0. The number of hydrogen-bond acceptors (Lipinski definition) is 1. The molecule has 0 aliphatic heterocycles. The average Bonchev–Trinajstić information content (AvgIpc) is 1.90. The van der Waals surface area contributed by atoms with E-state index in [1.54, 1.807) is 12.1 Å². The molecule has 0 radical (unpaired) electrons. The highest BCUT2D eigenvalue weighted by atomic mass is 14.5. The van der Waals surface area contributed by atoms with Gasteiger partial charge in [0.25, 0.3) is 0 Å². The molecule has 0 amide bonds. The fourth-order valence-electron chi connectivity index (χ4n) is 0.579. The molecule has 0 saturated carbocycles. The van der Waals surface area contributed by atoms with Gasteiger partial charge in [0.2, 0.25) is 0 Å². The average molecular weight is 133 g/mol. The van der Waals surface area contributed by atoms with Gasteiger partial charge in [0.05, 0.1) is 0 Å². The molecule has 0 aromatic heterocycles. The van der Waals surface area contributed by atoms with Crippen LogP contribution in [-0.2, 0) is 0 Å². The van der Waals surface area contributed by atoms with Crippen LogP contribution in [0.5, 0.6) is 0 Å². The maximum Gasteiger partial charge on any atom is 0.0314 e. The van der Waals surface area contributed by atoms with Crippen molar-refractivity contribution in [3.8, 4) is 12.3 Å². The zero-order chi connectivity index (χ0) is 6.69. The quantitative estimate of drug-likeness (QED) is 0.424. The lowest BCUT2D eigenvalue weighted by atomic mass is 10.2. The van der Waals surface area contributed by atoms with E-state index in [4.69, 9.17) is 12.2 Å². The molecule has 10 heavy (non-hydrogen) atoms. The van der Waals surface area contributed by atoms with Crippen molar-refractivity contribution >= 4 is 5.69 Å². The fraction of sp³-hybridized carbons (Fsp3) is 0.111. The van der Waals surface area contributed by atoms with Crippen LogP contribution in [0.4, 0.5) is 5.69 Å². The summed E-state index contributed by atoms with van der Waals surface area (Å²) >= 11 is 0. The second-order valence-electron chi connectivity index (χ2n) is 1.77. The number of hydrogen-bond donors (Lipinski definition) is 1. The first-order valence-electron chi connectivity index (χ1n) is 2.65. The lowest BCUT2D eigenvalue weighted by Gasteiger charge is -1.89. The van der Waals surface area contributed by atoms with E-state index in [-0.39, 0.29) is 7.43 Å². The topological polar surface area (TPSA) is 26.0 Å². The van der Waals surface area contributed by atoms with Crippen LogP contribution >= 0.6 is 0 Å². The van der Waals surface area contributed by atoms with Crippen LogP contribution in [0, 0.1) is 12.3 Å². The third-order valence-electron chi connectivity index (χ3n) is 1.08. The summed E-state index contributed by atoms with van der Waals surface area (Å²) in [5.74, 6) is 2.50. The number of terminal acetylenes is 1. The van der Waals surface area contributed by atoms with Gasteiger partial charge in [-0.05, 0) is 24.3 Å². The molecule has 0 atom stereocenters. The highest BCUT2D eigenvalue weighted by Crippen LogP contribution is 2.02. The van der Waals surface area contributed by atoms with Crippen molar-refractivity contribution in [3.63, 3.8) is 0 Å². The molecule has 2 N–H and O–H groups in total. The summed E-state index contributed by atoms with van der Waals surface area (Å²) in [4.78, 5) is 0. The van der Waals surface area contributed by atoms with Crippen molar-refractivity contribution in [2.24, 2.45) is 0 Å². The van der Waals surface area contributed by atoms with Gasteiger partial charge in [-0.1, -0.05) is 13.3 Å². The van der Waals surface area contributed by atoms with E-state index in [9.17, 15) is 0 Å². The van der Waals surface area contributed by atoms with Gasteiger partial charge in [-0.25, -0.2) is 0 Å². The van der Waals surface area contributed by atoms with E-state index in [1.807, 2.05) is 12.1 Å². The largest absolute Gasteiger partial charge is 0.399 e. The first kappa shape index (κ1) is 8.58. The molecule has 0 saturated heterocycles. The maximum atomic E-state index is 5.41. The zero-order valence-electron chi connectivity index (χ0n) is 4.96. The third kappa shape index (κ3) is 1.83. The third-order valence-corrected chi connectivity index (χ3v) is 1.08. The molecule has 0 bridgehead atoms. The summed E-state index contributed by atoms with van der Waals surface area (Å²) in [6.07, 6.45) is 5.11. The first-order chi connectivity index (χ1) is 4.33. The van der Waals surface area contributed by atoms with Gasteiger partial charge in [0, 0.05) is 11.3 Å². The van der Waals surface area contributed by atoms with E-state index in [0.29, 0.717) is 0 Å². The van der Waals surface area contributed by atoms with E-state index in [2.05, 4.69) is 5.92 Å². The van der Waals surface area contributed by atoms with E-state index >= 15 is 0 Å². The molecule has 0 heterocycles. The molecule has 1 aromatic carbocycles. The van der Waals surface area contributed by atoms with Crippen LogP contribution in [0.1, 0.15) is 13.0 Å². The molecule has 0 unspecified atom stereocenters. The molecule has 0 spiro atoms. The van der Waals surface area contributed by atoms with Gasteiger partial charge < -0.3 is 5.73 Å². The van der Waals surface area contributed by atoms with E-state index in [1.165, 1.54) is 0 Å². The minimum absolute atomic E-state index is 0. The molecule has 0 aliphatic rings. The van der Waals surface area contributed by atoms with Gasteiger partial charge in [0.15, 0.2) is 0 Å². The summed E-state index contributed by atoms with van der Waals surface area (Å²) in [5.41, 5.74) is 7.02. The smallest absolute Gasteiger partial charge is 0.0314 e. The van der Waals surface area contributed by atoms with Crippen LogP contribution in [0.2, 0.25) is 0 Å². The standard InChI is InChI=1S/C8H7N.CH4/c1-2-7-3-5-8(9)6-4-7;/h1,3-6H,9H2;1H4. The maximum absolute atomic E-state index is 5.41. The van der Waals surface area contributed by atoms with E-state index in [0.717, 1.165) is 11.3 Å². The molecule has 1 aromatic rings. The minimum Gasteiger partial charge on any atom is -0.399 e. The Morgan fingerprint density at radius 3 is 2.10 bits per heavy atom. The Balaban J connectivity index is 0.000000810. The summed E-state index contributed by atoms with van der Waals surface area (Å²) in [6.45, 7) is 0. The summed E-state index contributed by atoms with van der Waals surface area (Å²) in [7, 11) is 0. The van der Waals surface area contributed by atoms with Gasteiger partial charge >= 0.3 is 0 Å². The Kier molecular flexibility index (Phi) is 3.07. The number of nitrogen functional groups attached to an aromatic ring is 1. The molecule has 0 aliphatic carbocycles. The number of anilines is 1. The van der Waals surface area contributed by atoms with Gasteiger partial charge in [-0.15, -0.1) is 6.42 Å². The Hall–Kier alpha value is -1.42. The Bertz CT molecular complexity index is 228. The van der Waals surface area contributed by atoms with Crippen molar-refractivity contribution < 1.29 is 0 Å². The lowest BCUT2D eigenvalue weighted by Crippen LogP contribution is -1.82. The predicted molar refractivity (Wildman–Crippen MR) is 45.5 cm³/mol. The van der Waals surface area contributed by atoms with Crippen LogP contribution in [-0.4, -0.2) is 0 Å². The van der Waals surface area contributed by atoms with Crippen LogP contribution in [0.3, 0.4) is 0 Å². The number of benzene rings is 1. The Morgan fingerprint density at radius 1 is 1.20 bits per heavy atom. The SMILES string of the molecule is C.C#Cc1ccc(N)cc1. The number of nitrogens with two attached hydrogens (primary N) is 1. The first-order valence-corrected chi connectivity index (χ1v) is 2.65. The molecular weight excluding hydrogens is 122 g/mol. The van der Waals surface area contributed by atoms with Gasteiger partial charge in [-0.3, -0.25) is 0 Å². The Labute approximate surface area is 61.9 Å². The monoisotopic (exact) mass is 133 g/mol. The molecule has 0 fully saturated rings. The zero-order valence-corrected chi connectivity index (χ0v) is 4.96. The van der Waals surface area contributed by atoms with Gasteiger partial charge in [0.1, 0.15) is 0 Å². The predicted octanol–water partition coefficient (Wildman–Crippen LogP) is 1.89.